The van der Waals surface area contributed by atoms with Crippen LogP contribution in [0.25, 0.3) is 0 Å². The van der Waals surface area contributed by atoms with Crippen LogP contribution in [0, 0.1) is 17.2 Å². The highest BCUT2D eigenvalue weighted by Gasteiger charge is 2.29. The number of amides is 1. The third-order valence-corrected chi connectivity index (χ3v) is 4.24. The molecule has 1 saturated carbocycles. The SMILES string of the molecule is CCOC(=O)N1CCN(C2CCC(C#N)CC2)CC1. The highest BCUT2D eigenvalue weighted by molar-refractivity contribution is 5.67. The number of piperazine rings is 1. The molecule has 1 saturated heterocycles. The highest BCUT2D eigenvalue weighted by Crippen LogP contribution is 2.27. The van der Waals surface area contributed by atoms with Gasteiger partial charge in [0, 0.05) is 38.1 Å². The molecule has 2 rings (SSSR count). The van der Waals surface area contributed by atoms with Gasteiger partial charge in [-0.3, -0.25) is 4.90 Å². The smallest absolute Gasteiger partial charge is 0.409 e. The number of carbonyl (C=O) groups excluding carboxylic acids is 1. The molecule has 0 unspecified atom stereocenters. The minimum Gasteiger partial charge on any atom is -0.450 e. The molecule has 0 aromatic heterocycles. The number of nitriles is 1. The van der Waals surface area contributed by atoms with E-state index in [1.165, 1.54) is 0 Å². The van der Waals surface area contributed by atoms with Crippen LogP contribution in [0.5, 0.6) is 0 Å². The summed E-state index contributed by atoms with van der Waals surface area (Å²) in [4.78, 5) is 15.9. The van der Waals surface area contributed by atoms with Crippen LogP contribution in [0.4, 0.5) is 4.79 Å². The number of rotatable bonds is 2. The molecule has 1 amide bonds. The van der Waals surface area contributed by atoms with Gasteiger partial charge < -0.3 is 9.64 Å². The lowest BCUT2D eigenvalue weighted by Crippen LogP contribution is -2.52. The Hall–Kier alpha value is -1.28. The lowest BCUT2D eigenvalue weighted by atomic mass is 9.86. The highest BCUT2D eigenvalue weighted by atomic mass is 16.6. The summed E-state index contributed by atoms with van der Waals surface area (Å²) in [5.41, 5.74) is 0. The lowest BCUT2D eigenvalue weighted by molar-refractivity contribution is 0.0559. The fraction of sp³-hybridized carbons (Fsp3) is 0.857. The quantitative estimate of drug-likeness (QED) is 0.764. The van der Waals surface area contributed by atoms with E-state index in [4.69, 9.17) is 10.00 Å². The summed E-state index contributed by atoms with van der Waals surface area (Å²) >= 11 is 0. The lowest BCUT2D eigenvalue weighted by Gasteiger charge is -2.40. The van der Waals surface area contributed by atoms with Crippen molar-refractivity contribution in [3.05, 3.63) is 0 Å². The standard InChI is InChI=1S/C14H23N3O2/c1-2-19-14(18)17-9-7-16(8-10-17)13-5-3-12(11-15)4-6-13/h12-13H,2-10H2,1H3. The normalized spacial score (nSPS) is 28.7. The molecule has 106 valence electrons. The molecule has 1 heterocycles. The van der Waals surface area contributed by atoms with Gasteiger partial charge in [0.2, 0.25) is 0 Å². The Balaban J connectivity index is 1.75. The van der Waals surface area contributed by atoms with E-state index in [-0.39, 0.29) is 12.0 Å². The van der Waals surface area contributed by atoms with E-state index in [0.717, 1.165) is 51.9 Å². The first-order valence-electron chi connectivity index (χ1n) is 7.30. The molecule has 0 aromatic carbocycles. The molecule has 5 nitrogen and oxygen atoms in total. The van der Waals surface area contributed by atoms with Gasteiger partial charge in [-0.05, 0) is 32.6 Å². The van der Waals surface area contributed by atoms with Crippen LogP contribution in [0.3, 0.4) is 0 Å². The van der Waals surface area contributed by atoms with Crippen LogP contribution in [0.1, 0.15) is 32.6 Å². The van der Waals surface area contributed by atoms with Crippen molar-refractivity contribution >= 4 is 6.09 Å². The van der Waals surface area contributed by atoms with Crippen LogP contribution in [-0.2, 0) is 4.74 Å². The molecule has 0 radical (unpaired) electrons. The Morgan fingerprint density at radius 2 is 1.84 bits per heavy atom. The monoisotopic (exact) mass is 265 g/mol. The molecule has 2 aliphatic rings. The summed E-state index contributed by atoms with van der Waals surface area (Å²) in [6.07, 6.45) is 4.11. The second kappa shape index (κ2) is 6.76. The van der Waals surface area contributed by atoms with E-state index < -0.39 is 0 Å². The molecule has 2 fully saturated rings. The van der Waals surface area contributed by atoms with Crippen molar-refractivity contribution in [2.45, 2.75) is 38.6 Å². The van der Waals surface area contributed by atoms with Crippen LogP contribution in [-0.4, -0.2) is 54.7 Å². The topological polar surface area (TPSA) is 56.6 Å². The van der Waals surface area contributed by atoms with Gasteiger partial charge in [0.05, 0.1) is 12.7 Å². The summed E-state index contributed by atoms with van der Waals surface area (Å²) in [5, 5.41) is 8.91. The number of hydrogen-bond donors (Lipinski definition) is 0. The summed E-state index contributed by atoms with van der Waals surface area (Å²) in [5.74, 6) is 0.261. The Morgan fingerprint density at radius 3 is 2.37 bits per heavy atom. The van der Waals surface area contributed by atoms with E-state index in [0.29, 0.717) is 12.6 Å². The fourth-order valence-corrected chi connectivity index (χ4v) is 3.05. The van der Waals surface area contributed by atoms with Crippen molar-refractivity contribution in [3.63, 3.8) is 0 Å². The summed E-state index contributed by atoms with van der Waals surface area (Å²) in [7, 11) is 0. The molecule has 0 atom stereocenters. The first kappa shape index (κ1) is 14.1. The first-order chi connectivity index (χ1) is 9.24. The van der Waals surface area contributed by atoms with Gasteiger partial charge in [-0.25, -0.2) is 4.79 Å². The fourth-order valence-electron chi connectivity index (χ4n) is 3.05. The van der Waals surface area contributed by atoms with Crippen LogP contribution in [0.15, 0.2) is 0 Å². The van der Waals surface area contributed by atoms with Crippen LogP contribution in [0.2, 0.25) is 0 Å². The molecular formula is C14H23N3O2. The predicted molar refractivity (Wildman–Crippen MR) is 71.5 cm³/mol. The summed E-state index contributed by atoms with van der Waals surface area (Å²) < 4.78 is 5.02. The maximum atomic E-state index is 11.6. The second-order valence-electron chi connectivity index (χ2n) is 5.36. The van der Waals surface area contributed by atoms with Crippen molar-refractivity contribution in [2.75, 3.05) is 32.8 Å². The molecule has 1 aliphatic heterocycles. The van der Waals surface area contributed by atoms with Gasteiger partial charge in [-0.2, -0.15) is 5.26 Å². The van der Waals surface area contributed by atoms with Crippen molar-refractivity contribution in [2.24, 2.45) is 5.92 Å². The average Bonchev–Trinajstić information content (AvgIpc) is 2.48. The summed E-state index contributed by atoms with van der Waals surface area (Å²) in [6.45, 7) is 5.66. The van der Waals surface area contributed by atoms with E-state index in [2.05, 4.69) is 11.0 Å². The van der Waals surface area contributed by atoms with E-state index >= 15 is 0 Å². The van der Waals surface area contributed by atoms with Gasteiger partial charge in [0.1, 0.15) is 0 Å². The second-order valence-corrected chi connectivity index (χ2v) is 5.36. The van der Waals surface area contributed by atoms with Crippen molar-refractivity contribution in [3.8, 4) is 6.07 Å². The maximum absolute atomic E-state index is 11.6. The minimum absolute atomic E-state index is 0.185. The molecule has 19 heavy (non-hydrogen) atoms. The molecule has 0 bridgehead atoms. The molecule has 0 aromatic rings. The average molecular weight is 265 g/mol. The Morgan fingerprint density at radius 1 is 1.21 bits per heavy atom. The van der Waals surface area contributed by atoms with Gasteiger partial charge in [-0.15, -0.1) is 0 Å². The number of carbonyl (C=O) groups is 1. The zero-order valence-corrected chi connectivity index (χ0v) is 11.7. The van der Waals surface area contributed by atoms with Crippen molar-refractivity contribution in [1.29, 1.82) is 5.26 Å². The Bertz CT molecular complexity index is 337. The third kappa shape index (κ3) is 3.60. The van der Waals surface area contributed by atoms with Crippen molar-refractivity contribution in [1.82, 2.24) is 9.80 Å². The number of hydrogen-bond acceptors (Lipinski definition) is 4. The molecule has 0 N–H and O–H groups in total. The van der Waals surface area contributed by atoms with E-state index in [9.17, 15) is 4.79 Å². The van der Waals surface area contributed by atoms with Crippen LogP contribution >= 0.6 is 0 Å². The van der Waals surface area contributed by atoms with Crippen LogP contribution < -0.4 is 0 Å². The number of ether oxygens (including phenoxy) is 1. The largest absolute Gasteiger partial charge is 0.450 e. The third-order valence-electron chi connectivity index (χ3n) is 4.24. The Kier molecular flexibility index (Phi) is 5.03. The molecule has 1 aliphatic carbocycles. The van der Waals surface area contributed by atoms with Gasteiger partial charge in [0.25, 0.3) is 0 Å². The predicted octanol–water partition coefficient (Wildman–Crippen LogP) is 1.84. The number of nitrogens with zero attached hydrogens (tertiary/aromatic N) is 3. The maximum Gasteiger partial charge on any atom is 0.409 e. The summed E-state index contributed by atoms with van der Waals surface area (Å²) in [6, 6.07) is 2.98. The molecular weight excluding hydrogens is 242 g/mol. The molecule has 0 spiro atoms. The van der Waals surface area contributed by atoms with E-state index in [1.807, 2.05) is 6.92 Å². The zero-order valence-electron chi connectivity index (χ0n) is 11.7. The van der Waals surface area contributed by atoms with Gasteiger partial charge in [0.15, 0.2) is 0 Å². The Labute approximate surface area is 115 Å². The minimum atomic E-state index is -0.185. The van der Waals surface area contributed by atoms with Crippen molar-refractivity contribution < 1.29 is 9.53 Å². The van der Waals surface area contributed by atoms with Gasteiger partial charge >= 0.3 is 6.09 Å². The van der Waals surface area contributed by atoms with E-state index in [1.54, 1.807) is 4.90 Å². The zero-order chi connectivity index (χ0) is 13.7. The van der Waals surface area contributed by atoms with Gasteiger partial charge in [-0.1, -0.05) is 0 Å². The molecule has 5 heteroatoms. The first-order valence-corrected chi connectivity index (χ1v) is 7.30.